The van der Waals surface area contributed by atoms with E-state index in [1.807, 2.05) is 182 Å². The van der Waals surface area contributed by atoms with Crippen LogP contribution in [-0.4, -0.2) is 50.2 Å². The molecule has 6 heteroatoms. The van der Waals surface area contributed by atoms with E-state index in [1.54, 1.807) is 4.90 Å². The van der Waals surface area contributed by atoms with Gasteiger partial charge in [-0.25, -0.2) is 0 Å². The minimum Gasteiger partial charge on any atom is -0.387 e. The highest BCUT2D eigenvalue weighted by molar-refractivity contribution is 6.05. The van der Waals surface area contributed by atoms with Gasteiger partial charge in [0.2, 0.25) is 11.8 Å². The predicted octanol–water partition coefficient (Wildman–Crippen LogP) is 8.13. The van der Waals surface area contributed by atoms with Crippen molar-refractivity contribution in [2.75, 3.05) is 0 Å². The first-order valence-corrected chi connectivity index (χ1v) is 20.5. The van der Waals surface area contributed by atoms with Gasteiger partial charge in [-0.1, -0.05) is 188 Å². The molecule has 1 aliphatic rings. The molecule has 1 saturated carbocycles. The molecule has 6 aromatic rings. The summed E-state index contributed by atoms with van der Waals surface area (Å²) in [6.07, 6.45) is 2.64. The maximum Gasteiger partial charge on any atom is 0.238 e. The summed E-state index contributed by atoms with van der Waals surface area (Å²) in [5, 5.41) is 27.6. The van der Waals surface area contributed by atoms with Crippen LogP contribution in [0.1, 0.15) is 52.6 Å². The molecule has 2 atom stereocenters. The third-order valence-corrected chi connectivity index (χ3v) is 12.2. The van der Waals surface area contributed by atoms with Gasteiger partial charge in [0.25, 0.3) is 0 Å². The van der Waals surface area contributed by atoms with Crippen LogP contribution in [0.2, 0.25) is 0 Å². The number of carbonyl (C=O) groups is 2. The molecular weight excluding hydrogens is 717 g/mol. The molecule has 296 valence electrons. The fourth-order valence-corrected chi connectivity index (χ4v) is 9.01. The van der Waals surface area contributed by atoms with Gasteiger partial charge >= 0.3 is 0 Å². The standard InChI is InChI=1S/C52H54N2O4/c53-48(55)50(32-19-33-50)49(56)54(46(34-40-20-7-1-8-21-40)51(57,36-42-24-11-3-12-25-42)37-43-26-13-4-14-27-43)47(35-41-22-9-2-10-23-41)52(58,38-44-28-15-5-16-29-44)39-45-30-17-6-18-31-45/h1-18,20-31,46-47,57-58H,19,32-39H2,(H2,53,55)/t46-,47-/m1/s1. The highest BCUT2D eigenvalue weighted by atomic mass is 16.3. The van der Waals surface area contributed by atoms with Gasteiger partial charge in [-0.2, -0.15) is 0 Å². The summed E-state index contributed by atoms with van der Waals surface area (Å²) in [6.45, 7) is 0. The van der Waals surface area contributed by atoms with Crippen molar-refractivity contribution in [3.05, 3.63) is 215 Å². The molecular formula is C52H54N2O4. The van der Waals surface area contributed by atoms with Gasteiger partial charge in [0.1, 0.15) is 5.41 Å². The van der Waals surface area contributed by atoms with Crippen molar-refractivity contribution >= 4 is 11.8 Å². The number of carbonyl (C=O) groups excluding carboxylic acids is 2. The molecule has 1 fully saturated rings. The van der Waals surface area contributed by atoms with E-state index >= 15 is 4.79 Å². The van der Waals surface area contributed by atoms with Gasteiger partial charge in [-0.15, -0.1) is 0 Å². The highest BCUT2D eigenvalue weighted by Gasteiger charge is 2.58. The van der Waals surface area contributed by atoms with E-state index < -0.39 is 40.5 Å². The molecule has 2 amide bonds. The largest absolute Gasteiger partial charge is 0.387 e. The van der Waals surface area contributed by atoms with Crippen LogP contribution >= 0.6 is 0 Å². The topological polar surface area (TPSA) is 104 Å². The summed E-state index contributed by atoms with van der Waals surface area (Å²) in [5.41, 5.74) is 7.07. The average Bonchev–Trinajstić information content (AvgIpc) is 3.22. The van der Waals surface area contributed by atoms with Crippen molar-refractivity contribution in [3.63, 3.8) is 0 Å². The molecule has 0 aliphatic heterocycles. The van der Waals surface area contributed by atoms with Crippen molar-refractivity contribution in [1.82, 2.24) is 4.90 Å². The van der Waals surface area contributed by atoms with Crippen LogP contribution in [0.3, 0.4) is 0 Å². The molecule has 7 rings (SSSR count). The molecule has 0 unspecified atom stereocenters. The summed E-state index contributed by atoms with van der Waals surface area (Å²) in [6, 6.07) is 57.5. The van der Waals surface area contributed by atoms with E-state index in [0.717, 1.165) is 33.4 Å². The van der Waals surface area contributed by atoms with Crippen LogP contribution in [0.5, 0.6) is 0 Å². The van der Waals surface area contributed by atoms with E-state index in [1.165, 1.54) is 0 Å². The number of nitrogens with two attached hydrogens (primary N) is 1. The summed E-state index contributed by atoms with van der Waals surface area (Å²) >= 11 is 0. The molecule has 0 bridgehead atoms. The van der Waals surface area contributed by atoms with Crippen LogP contribution in [0.25, 0.3) is 0 Å². The summed E-state index contributed by atoms with van der Waals surface area (Å²) in [5.74, 6) is -1.11. The van der Waals surface area contributed by atoms with Gasteiger partial charge in [0.15, 0.2) is 0 Å². The Morgan fingerprint density at radius 1 is 0.483 bits per heavy atom. The van der Waals surface area contributed by atoms with E-state index in [2.05, 4.69) is 0 Å². The molecule has 0 saturated heterocycles. The molecule has 6 nitrogen and oxygen atoms in total. The number of benzene rings is 6. The van der Waals surface area contributed by atoms with E-state index in [0.29, 0.717) is 19.3 Å². The lowest BCUT2D eigenvalue weighted by Crippen LogP contribution is -2.70. The molecule has 0 spiro atoms. The predicted molar refractivity (Wildman–Crippen MR) is 231 cm³/mol. The van der Waals surface area contributed by atoms with Crippen molar-refractivity contribution in [2.45, 2.75) is 81.1 Å². The summed E-state index contributed by atoms with van der Waals surface area (Å²) in [7, 11) is 0. The van der Waals surface area contributed by atoms with Crippen LogP contribution < -0.4 is 5.73 Å². The Kier molecular flexibility index (Phi) is 12.7. The van der Waals surface area contributed by atoms with E-state index in [4.69, 9.17) is 5.73 Å². The number of hydrogen-bond donors (Lipinski definition) is 3. The zero-order valence-electron chi connectivity index (χ0n) is 33.1. The molecule has 1 aliphatic carbocycles. The Labute approximate surface area is 343 Å². The number of hydrogen-bond acceptors (Lipinski definition) is 4. The zero-order chi connectivity index (χ0) is 40.4. The first-order chi connectivity index (χ1) is 28.2. The van der Waals surface area contributed by atoms with Crippen LogP contribution in [0.4, 0.5) is 0 Å². The Balaban J connectivity index is 1.51. The van der Waals surface area contributed by atoms with Gasteiger partial charge < -0.3 is 20.8 Å². The summed E-state index contributed by atoms with van der Waals surface area (Å²) < 4.78 is 0. The maximum absolute atomic E-state index is 16.1. The SMILES string of the molecule is NC(=O)C1(C(=O)N([C@H](Cc2ccccc2)C(O)(Cc2ccccc2)Cc2ccccc2)[C@H](Cc2ccccc2)C(O)(Cc2ccccc2)Cc2ccccc2)CCC1. The Bertz CT molecular complexity index is 1970. The Hall–Kier alpha value is -5.82. The number of rotatable bonds is 18. The molecule has 58 heavy (non-hydrogen) atoms. The maximum atomic E-state index is 16.1. The van der Waals surface area contributed by atoms with Gasteiger partial charge in [0.05, 0.1) is 23.3 Å². The average molecular weight is 771 g/mol. The molecule has 6 aromatic carbocycles. The van der Waals surface area contributed by atoms with Crippen molar-refractivity contribution < 1.29 is 19.8 Å². The second-order valence-corrected chi connectivity index (χ2v) is 16.3. The second-order valence-electron chi connectivity index (χ2n) is 16.3. The fraction of sp³-hybridized carbons (Fsp3) is 0.269. The van der Waals surface area contributed by atoms with Crippen LogP contribution in [0, 0.1) is 5.41 Å². The molecule has 0 radical (unpaired) electrons. The quantitative estimate of drug-likeness (QED) is 0.0769. The fourth-order valence-electron chi connectivity index (χ4n) is 9.01. The Morgan fingerprint density at radius 3 is 0.966 bits per heavy atom. The number of amides is 2. The first-order valence-electron chi connectivity index (χ1n) is 20.5. The second kappa shape index (κ2) is 18.2. The number of aliphatic hydroxyl groups is 2. The van der Waals surface area contributed by atoms with Crippen molar-refractivity contribution in [1.29, 1.82) is 0 Å². The van der Waals surface area contributed by atoms with E-state index in [-0.39, 0.29) is 38.5 Å². The number of primary amides is 1. The van der Waals surface area contributed by atoms with Crippen LogP contribution in [0.15, 0.2) is 182 Å². The van der Waals surface area contributed by atoms with Gasteiger partial charge in [-0.3, -0.25) is 9.59 Å². The van der Waals surface area contributed by atoms with Crippen molar-refractivity contribution in [2.24, 2.45) is 11.1 Å². The van der Waals surface area contributed by atoms with Crippen LogP contribution in [-0.2, 0) is 48.1 Å². The van der Waals surface area contributed by atoms with Crippen molar-refractivity contribution in [3.8, 4) is 0 Å². The lowest BCUT2D eigenvalue weighted by Gasteiger charge is -2.54. The zero-order valence-corrected chi connectivity index (χ0v) is 33.1. The number of nitrogens with zero attached hydrogens (tertiary/aromatic N) is 1. The molecule has 0 heterocycles. The van der Waals surface area contributed by atoms with Gasteiger partial charge in [0, 0.05) is 25.7 Å². The minimum atomic E-state index is -1.59. The van der Waals surface area contributed by atoms with E-state index in [9.17, 15) is 15.0 Å². The highest BCUT2D eigenvalue weighted by Crippen LogP contribution is 2.46. The normalized spacial score (nSPS) is 14.8. The smallest absolute Gasteiger partial charge is 0.238 e. The molecule has 4 N–H and O–H groups in total. The third kappa shape index (κ3) is 9.31. The minimum absolute atomic E-state index is 0.210. The molecule has 0 aromatic heterocycles. The lowest BCUT2D eigenvalue weighted by atomic mass is 9.65. The monoisotopic (exact) mass is 770 g/mol. The first kappa shape index (κ1) is 40.4. The Morgan fingerprint density at radius 2 is 0.741 bits per heavy atom. The summed E-state index contributed by atoms with van der Waals surface area (Å²) in [4.78, 5) is 31.5. The lowest BCUT2D eigenvalue weighted by molar-refractivity contribution is -0.175. The van der Waals surface area contributed by atoms with Gasteiger partial charge in [-0.05, 0) is 59.1 Å². The third-order valence-electron chi connectivity index (χ3n) is 12.2.